The smallest absolute Gasteiger partial charge is 0.231 e. The average Bonchev–Trinajstić information content (AvgIpc) is 2.95. The quantitative estimate of drug-likeness (QED) is 0.838. The normalized spacial score (nSPS) is 19.6. The molecule has 0 bridgehead atoms. The van der Waals surface area contributed by atoms with E-state index in [1.807, 2.05) is 24.3 Å². The Hall–Kier alpha value is -1.97. The van der Waals surface area contributed by atoms with Crippen molar-refractivity contribution in [2.24, 2.45) is 4.99 Å². The van der Waals surface area contributed by atoms with E-state index >= 15 is 0 Å². The van der Waals surface area contributed by atoms with E-state index in [9.17, 15) is 0 Å². The summed E-state index contributed by atoms with van der Waals surface area (Å²) < 4.78 is 16.1. The van der Waals surface area contributed by atoms with E-state index in [0.717, 1.165) is 17.9 Å². The molecule has 3 rings (SSSR count). The molecular weight excluding hydrogens is 242 g/mol. The first-order valence-electron chi connectivity index (χ1n) is 6.40. The standard InChI is InChI=1S/C15H17NO3/c1-15(2)9-17-14(16-15)5-3-4-11-6-7-12-13(8-11)19-10-18-12/h3,5-8H,4,9-10H2,1-2H3/b5-3-. The van der Waals surface area contributed by atoms with Gasteiger partial charge in [-0.3, -0.25) is 0 Å². The van der Waals surface area contributed by atoms with Crippen molar-refractivity contribution >= 4 is 5.90 Å². The minimum Gasteiger partial charge on any atom is -0.475 e. The van der Waals surface area contributed by atoms with Crippen LogP contribution in [0.25, 0.3) is 0 Å². The molecule has 4 nitrogen and oxygen atoms in total. The molecule has 0 aromatic heterocycles. The molecule has 0 amide bonds. The molecule has 0 unspecified atom stereocenters. The molecule has 0 saturated carbocycles. The number of fused-ring (bicyclic) bond motifs is 1. The van der Waals surface area contributed by atoms with Crippen LogP contribution >= 0.6 is 0 Å². The van der Waals surface area contributed by atoms with Crippen LogP contribution in [0.1, 0.15) is 19.4 Å². The Morgan fingerprint density at radius 2 is 2.05 bits per heavy atom. The largest absolute Gasteiger partial charge is 0.475 e. The predicted octanol–water partition coefficient (Wildman–Crippen LogP) is 2.72. The van der Waals surface area contributed by atoms with Crippen molar-refractivity contribution < 1.29 is 14.2 Å². The van der Waals surface area contributed by atoms with E-state index in [0.29, 0.717) is 19.3 Å². The van der Waals surface area contributed by atoms with Crippen LogP contribution in [-0.2, 0) is 11.2 Å². The molecule has 2 heterocycles. The lowest BCUT2D eigenvalue weighted by Gasteiger charge is -2.07. The van der Waals surface area contributed by atoms with Gasteiger partial charge in [-0.15, -0.1) is 0 Å². The van der Waals surface area contributed by atoms with Gasteiger partial charge in [0.25, 0.3) is 0 Å². The van der Waals surface area contributed by atoms with Gasteiger partial charge in [-0.05, 0) is 44.0 Å². The topological polar surface area (TPSA) is 40.0 Å². The lowest BCUT2D eigenvalue weighted by Crippen LogP contribution is -2.17. The van der Waals surface area contributed by atoms with Gasteiger partial charge in [-0.2, -0.15) is 0 Å². The number of hydrogen-bond donors (Lipinski definition) is 0. The Bertz CT molecular complexity index is 546. The molecule has 1 aromatic rings. The molecule has 100 valence electrons. The summed E-state index contributed by atoms with van der Waals surface area (Å²) >= 11 is 0. The highest BCUT2D eigenvalue weighted by Gasteiger charge is 2.24. The molecule has 19 heavy (non-hydrogen) atoms. The molecule has 1 aromatic carbocycles. The first-order chi connectivity index (χ1) is 9.12. The van der Waals surface area contributed by atoms with E-state index < -0.39 is 0 Å². The summed E-state index contributed by atoms with van der Waals surface area (Å²) in [6, 6.07) is 5.99. The van der Waals surface area contributed by atoms with E-state index in [-0.39, 0.29) is 5.54 Å². The monoisotopic (exact) mass is 259 g/mol. The van der Waals surface area contributed by atoms with E-state index in [1.165, 1.54) is 5.56 Å². The number of benzene rings is 1. The second kappa shape index (κ2) is 4.61. The second-order valence-corrected chi connectivity index (χ2v) is 5.35. The van der Waals surface area contributed by atoms with Gasteiger partial charge in [0.1, 0.15) is 6.61 Å². The summed E-state index contributed by atoms with van der Waals surface area (Å²) in [5.74, 6) is 2.35. The van der Waals surface area contributed by atoms with Gasteiger partial charge in [-0.1, -0.05) is 12.1 Å². The minimum atomic E-state index is -0.0988. The molecular formula is C15H17NO3. The fourth-order valence-corrected chi connectivity index (χ4v) is 2.06. The summed E-state index contributed by atoms with van der Waals surface area (Å²) in [5.41, 5.74) is 1.08. The van der Waals surface area contributed by atoms with Crippen LogP contribution in [-0.4, -0.2) is 24.8 Å². The van der Waals surface area contributed by atoms with Crippen LogP contribution in [0.5, 0.6) is 11.5 Å². The molecule has 0 N–H and O–H groups in total. The Kier molecular flexibility index (Phi) is 2.93. The van der Waals surface area contributed by atoms with Crippen molar-refractivity contribution in [2.75, 3.05) is 13.4 Å². The molecule has 2 aliphatic rings. The van der Waals surface area contributed by atoms with Gasteiger partial charge in [0, 0.05) is 0 Å². The maximum absolute atomic E-state index is 5.50. The van der Waals surface area contributed by atoms with Crippen LogP contribution in [0.4, 0.5) is 0 Å². The van der Waals surface area contributed by atoms with Gasteiger partial charge < -0.3 is 14.2 Å². The summed E-state index contributed by atoms with van der Waals surface area (Å²) in [4.78, 5) is 4.47. The number of ether oxygens (including phenoxy) is 3. The third-order valence-electron chi connectivity index (χ3n) is 3.04. The first kappa shape index (κ1) is 12.1. The number of aliphatic imine (C=N–C) groups is 1. The minimum absolute atomic E-state index is 0.0988. The SMILES string of the molecule is CC1(C)COC(/C=C\Cc2ccc3c(c2)OCO3)=N1. The predicted molar refractivity (Wildman–Crippen MR) is 72.9 cm³/mol. The van der Waals surface area contributed by atoms with E-state index in [4.69, 9.17) is 14.2 Å². The highest BCUT2D eigenvalue weighted by molar-refractivity contribution is 5.89. The molecule has 4 heteroatoms. The first-order valence-corrected chi connectivity index (χ1v) is 6.40. The van der Waals surface area contributed by atoms with Crippen LogP contribution < -0.4 is 9.47 Å². The fourth-order valence-electron chi connectivity index (χ4n) is 2.06. The number of rotatable bonds is 3. The second-order valence-electron chi connectivity index (χ2n) is 5.35. The van der Waals surface area contributed by atoms with Gasteiger partial charge in [0.2, 0.25) is 12.7 Å². The van der Waals surface area contributed by atoms with Crippen LogP contribution in [0.2, 0.25) is 0 Å². The summed E-state index contributed by atoms with van der Waals surface area (Å²) in [6.45, 7) is 5.09. The average molecular weight is 259 g/mol. The van der Waals surface area contributed by atoms with Crippen LogP contribution in [0, 0.1) is 0 Å². The Balaban J connectivity index is 1.64. The van der Waals surface area contributed by atoms with Crippen molar-refractivity contribution in [2.45, 2.75) is 25.8 Å². The van der Waals surface area contributed by atoms with Crippen LogP contribution in [0.3, 0.4) is 0 Å². The lowest BCUT2D eigenvalue weighted by atomic mass is 10.1. The molecule has 0 saturated heterocycles. The molecule has 0 radical (unpaired) electrons. The van der Waals surface area contributed by atoms with Crippen molar-refractivity contribution in [1.82, 2.24) is 0 Å². The Morgan fingerprint density at radius 3 is 2.84 bits per heavy atom. The zero-order chi connectivity index (χ0) is 13.3. The third-order valence-corrected chi connectivity index (χ3v) is 3.04. The molecule has 0 atom stereocenters. The molecule has 0 spiro atoms. The zero-order valence-corrected chi connectivity index (χ0v) is 11.2. The third kappa shape index (κ3) is 2.72. The van der Waals surface area contributed by atoms with Gasteiger partial charge in [0.05, 0.1) is 5.54 Å². The van der Waals surface area contributed by atoms with Crippen molar-refractivity contribution in [1.29, 1.82) is 0 Å². The van der Waals surface area contributed by atoms with E-state index in [2.05, 4.69) is 24.9 Å². The molecule has 0 aliphatic carbocycles. The summed E-state index contributed by atoms with van der Waals surface area (Å²) in [5, 5.41) is 0. The Morgan fingerprint density at radius 1 is 1.21 bits per heavy atom. The van der Waals surface area contributed by atoms with Crippen LogP contribution in [0.15, 0.2) is 35.3 Å². The van der Waals surface area contributed by atoms with Gasteiger partial charge in [-0.25, -0.2) is 4.99 Å². The molecule has 2 aliphatic heterocycles. The number of nitrogens with zero attached hydrogens (tertiary/aromatic N) is 1. The maximum Gasteiger partial charge on any atom is 0.231 e. The molecule has 0 fully saturated rings. The highest BCUT2D eigenvalue weighted by atomic mass is 16.7. The summed E-state index contributed by atoms with van der Waals surface area (Å²) in [6.07, 6.45) is 4.80. The number of hydrogen-bond acceptors (Lipinski definition) is 4. The van der Waals surface area contributed by atoms with Crippen molar-refractivity contribution in [3.8, 4) is 11.5 Å². The van der Waals surface area contributed by atoms with E-state index in [1.54, 1.807) is 0 Å². The van der Waals surface area contributed by atoms with Crippen molar-refractivity contribution in [3.05, 3.63) is 35.9 Å². The highest BCUT2D eigenvalue weighted by Crippen LogP contribution is 2.32. The Labute approximate surface area is 112 Å². The summed E-state index contributed by atoms with van der Waals surface area (Å²) in [7, 11) is 0. The number of allylic oxidation sites excluding steroid dienone is 1. The van der Waals surface area contributed by atoms with Gasteiger partial charge >= 0.3 is 0 Å². The maximum atomic E-state index is 5.50. The fraction of sp³-hybridized carbons (Fsp3) is 0.400. The lowest BCUT2D eigenvalue weighted by molar-refractivity contribution is 0.174. The zero-order valence-electron chi connectivity index (χ0n) is 11.2. The van der Waals surface area contributed by atoms with Gasteiger partial charge in [0.15, 0.2) is 11.5 Å². The van der Waals surface area contributed by atoms with Crippen molar-refractivity contribution in [3.63, 3.8) is 0 Å².